The van der Waals surface area contributed by atoms with Gasteiger partial charge < -0.3 is 154 Å². The number of carbonyl (C=O) groups is 1. The second-order valence-electron chi connectivity index (χ2n) is 17.5. The molecule has 6 saturated heterocycles. The molecular weight excluding hydrogens is 966 g/mol. The lowest BCUT2D eigenvalue weighted by Crippen LogP contribution is -2.70. The molecule has 0 aliphatic carbocycles. The van der Waals surface area contributed by atoms with Crippen molar-refractivity contribution in [2.24, 2.45) is 0 Å². The Balaban J connectivity index is 1.43. The van der Waals surface area contributed by atoms with E-state index < -0.39 is 230 Å². The number of amides is 1. The van der Waals surface area contributed by atoms with Crippen LogP contribution >= 0.6 is 0 Å². The first-order valence-corrected chi connectivity index (χ1v) is 22.1. The van der Waals surface area contributed by atoms with E-state index in [0.29, 0.717) is 0 Å². The highest BCUT2D eigenvalue weighted by Crippen LogP contribution is 2.38. The Labute approximate surface area is 395 Å². The molecule has 0 spiro atoms. The summed E-state index contributed by atoms with van der Waals surface area (Å²) in [6, 6.07) is -1.67. The molecule has 1 amide bonds. The predicted molar refractivity (Wildman–Crippen MR) is 211 cm³/mol. The van der Waals surface area contributed by atoms with Crippen molar-refractivity contribution in [3.05, 3.63) is 0 Å². The van der Waals surface area contributed by atoms with E-state index in [-0.39, 0.29) is 0 Å². The fraction of sp³-hybridized carbons (Fsp3) is 0.974. The van der Waals surface area contributed by atoms with E-state index in [0.717, 1.165) is 6.92 Å². The van der Waals surface area contributed by atoms with Crippen LogP contribution in [0, 0.1) is 0 Å². The van der Waals surface area contributed by atoms with Crippen molar-refractivity contribution < 1.29 is 154 Å². The van der Waals surface area contributed by atoms with Gasteiger partial charge in [0, 0.05) is 6.92 Å². The molecule has 0 aromatic carbocycles. The van der Waals surface area contributed by atoms with E-state index >= 15 is 0 Å². The summed E-state index contributed by atoms with van der Waals surface area (Å²) in [5.41, 5.74) is 0. The van der Waals surface area contributed by atoms with Gasteiger partial charge in [0.1, 0.15) is 146 Å². The van der Waals surface area contributed by atoms with E-state index in [1.807, 2.05) is 0 Å². The average Bonchev–Trinajstić information content (AvgIpc) is 3.34. The van der Waals surface area contributed by atoms with Crippen LogP contribution in [0.1, 0.15) is 6.92 Å². The Morgan fingerprint density at radius 2 is 0.629 bits per heavy atom. The smallest absolute Gasteiger partial charge is 0.217 e. The van der Waals surface area contributed by atoms with Crippen LogP contribution < -0.4 is 5.32 Å². The Kier molecular flexibility index (Phi) is 20.3. The zero-order valence-corrected chi connectivity index (χ0v) is 37.0. The molecule has 0 radical (unpaired) electrons. The maximum Gasteiger partial charge on any atom is 0.217 e. The zero-order valence-electron chi connectivity index (χ0n) is 37.0. The number of aliphatic hydroxyl groups excluding tert-OH is 19. The summed E-state index contributed by atoms with van der Waals surface area (Å²) in [6.07, 6.45) is -59.0. The number of ether oxygens (including phenoxy) is 11. The van der Waals surface area contributed by atoms with Crippen LogP contribution in [0.25, 0.3) is 0 Å². The highest BCUT2D eigenvalue weighted by atomic mass is 16.8. The summed E-state index contributed by atoms with van der Waals surface area (Å²) in [4.78, 5) is 12.2. The molecule has 6 rings (SSSR count). The predicted octanol–water partition coefficient (Wildman–Crippen LogP) is -14.0. The molecule has 0 aromatic rings. The molecule has 70 heavy (non-hydrogen) atoms. The van der Waals surface area contributed by atoms with Gasteiger partial charge in [0.25, 0.3) is 0 Å². The Morgan fingerprint density at radius 1 is 0.343 bits per heavy atom. The summed E-state index contributed by atoms with van der Waals surface area (Å²) in [5, 5.41) is 205. The molecule has 6 fully saturated rings. The van der Waals surface area contributed by atoms with Gasteiger partial charge in [0.2, 0.25) is 5.91 Å². The number of hydrogen-bond acceptors (Lipinski definition) is 31. The van der Waals surface area contributed by atoms with Crippen molar-refractivity contribution in [3.63, 3.8) is 0 Å². The van der Waals surface area contributed by atoms with E-state index in [1.54, 1.807) is 0 Å². The average molecular weight is 1030 g/mol. The highest BCUT2D eigenvalue weighted by molar-refractivity contribution is 5.73. The summed E-state index contributed by atoms with van der Waals surface area (Å²) >= 11 is 0. The molecule has 6 aliphatic rings. The summed E-state index contributed by atoms with van der Waals surface area (Å²) < 4.78 is 63.6. The molecule has 0 unspecified atom stereocenters. The highest BCUT2D eigenvalue weighted by Gasteiger charge is 2.59. The molecule has 20 N–H and O–H groups in total. The van der Waals surface area contributed by atoms with Crippen LogP contribution in [0.5, 0.6) is 0 Å². The third kappa shape index (κ3) is 11.9. The largest absolute Gasteiger partial charge is 0.394 e. The van der Waals surface area contributed by atoms with E-state index in [4.69, 9.17) is 52.1 Å². The van der Waals surface area contributed by atoms with Crippen LogP contribution in [-0.4, -0.2) is 327 Å². The normalized spacial score (nSPS) is 51.5. The summed E-state index contributed by atoms with van der Waals surface area (Å²) in [5.74, 6) is -0.800. The Bertz CT molecular complexity index is 1630. The van der Waals surface area contributed by atoms with Crippen LogP contribution in [0.15, 0.2) is 0 Å². The third-order valence-electron chi connectivity index (χ3n) is 12.8. The number of hydrogen-bond donors (Lipinski definition) is 20. The van der Waals surface area contributed by atoms with Gasteiger partial charge in [0.15, 0.2) is 37.7 Å². The van der Waals surface area contributed by atoms with Crippen molar-refractivity contribution in [2.75, 3.05) is 39.6 Å². The van der Waals surface area contributed by atoms with Crippen LogP contribution in [-0.2, 0) is 56.9 Å². The second kappa shape index (κ2) is 24.7. The number of aliphatic hydroxyl groups is 19. The number of nitrogens with one attached hydrogen (secondary N) is 1. The van der Waals surface area contributed by atoms with Crippen LogP contribution in [0.2, 0.25) is 0 Å². The first-order valence-electron chi connectivity index (χ1n) is 22.1. The molecule has 32 nitrogen and oxygen atoms in total. The number of carbonyl (C=O) groups excluding carboxylic acids is 1. The van der Waals surface area contributed by atoms with Crippen molar-refractivity contribution in [3.8, 4) is 0 Å². The lowest BCUT2D eigenvalue weighted by atomic mass is 9.94. The fourth-order valence-electron chi connectivity index (χ4n) is 8.84. The van der Waals surface area contributed by atoms with Crippen LogP contribution in [0.3, 0.4) is 0 Å². The maximum atomic E-state index is 12.2. The zero-order chi connectivity index (χ0) is 51.6. The Hall–Kier alpha value is -1.73. The molecule has 6 aliphatic heterocycles. The topological polar surface area (TPSA) is 515 Å². The van der Waals surface area contributed by atoms with Crippen molar-refractivity contribution >= 4 is 5.91 Å². The standard InChI is InChI=1S/C38H65NO31/c1-8(46)39-15-28(20(51)13(6-44)60-33(15)59)66-36-31(25(56)19(50)11(4-42)63-36)69-38-32(29(21(52)14(7-45)65-38)67-34-26(57)22(53)16(47)9(2-40)61-34)70-37-30(24(55)18(49)12(5-43)64-37)68-35-27(58)23(54)17(48)10(3-41)62-35/h9-38,40-45,47-59H,2-7H2,1H3,(H,39,46)/t9-,10-,11-,12-,13-,14-,15-,16-,17-,18-,19-,20-,21-,22+,23+,24+,25+,26-,27+,28-,29+,30+,31+,32+,33-,34-,35+,36+,37-,38-/m1/s1. The van der Waals surface area contributed by atoms with Gasteiger partial charge in [-0.05, 0) is 0 Å². The first kappa shape index (κ1) is 57.5. The molecule has 408 valence electrons. The summed E-state index contributed by atoms with van der Waals surface area (Å²) in [7, 11) is 0. The minimum atomic E-state index is -2.32. The van der Waals surface area contributed by atoms with Gasteiger partial charge in [-0.3, -0.25) is 4.79 Å². The minimum absolute atomic E-state index is 0.800. The molecule has 32 heteroatoms. The molecular formula is C38H65NO31. The summed E-state index contributed by atoms with van der Waals surface area (Å²) in [6.45, 7) is -5.07. The van der Waals surface area contributed by atoms with E-state index in [9.17, 15) is 102 Å². The molecule has 30 atom stereocenters. The fourth-order valence-corrected chi connectivity index (χ4v) is 8.84. The van der Waals surface area contributed by atoms with E-state index in [1.165, 1.54) is 0 Å². The van der Waals surface area contributed by atoms with Crippen molar-refractivity contribution in [1.29, 1.82) is 0 Å². The quantitative estimate of drug-likeness (QED) is 0.0643. The minimum Gasteiger partial charge on any atom is -0.394 e. The van der Waals surface area contributed by atoms with Gasteiger partial charge >= 0.3 is 0 Å². The van der Waals surface area contributed by atoms with Crippen molar-refractivity contribution in [2.45, 2.75) is 191 Å². The van der Waals surface area contributed by atoms with Gasteiger partial charge in [-0.25, -0.2) is 0 Å². The molecule has 0 saturated carbocycles. The SMILES string of the molecule is CC(=O)N[C@@H]1[C@@H](O[C@@H]2O[C@H](CO)[C@@H](O)[C@H](O)[C@@H]2O[C@H]2O[C@H](CO)[C@@H](O)[C@H](O[C@H]3O[C@H](CO)[C@@H](O)[C@H](O)[C@H]3O)[C@@H]2O[C@H]2O[C@H](CO)[C@@H](O)[C@H](O)[C@@H]2O[C@@H]2O[C@H](CO)[C@@H](O)[C@H](O)[C@@H]2O)[C@H](O)[C@@H](CO)O[C@H]1O. The van der Waals surface area contributed by atoms with Gasteiger partial charge in [0.05, 0.1) is 39.6 Å². The van der Waals surface area contributed by atoms with Gasteiger partial charge in [-0.15, -0.1) is 0 Å². The monoisotopic (exact) mass is 1030 g/mol. The third-order valence-corrected chi connectivity index (χ3v) is 12.8. The first-order chi connectivity index (χ1) is 33.2. The van der Waals surface area contributed by atoms with Crippen molar-refractivity contribution in [1.82, 2.24) is 5.32 Å². The lowest BCUT2D eigenvalue weighted by molar-refractivity contribution is -0.420. The maximum absolute atomic E-state index is 12.2. The Morgan fingerprint density at radius 3 is 1.03 bits per heavy atom. The molecule has 0 aromatic heterocycles. The lowest BCUT2D eigenvalue weighted by Gasteiger charge is -2.51. The second-order valence-corrected chi connectivity index (χ2v) is 17.5. The van der Waals surface area contributed by atoms with Crippen LogP contribution in [0.4, 0.5) is 0 Å². The van der Waals surface area contributed by atoms with Gasteiger partial charge in [-0.2, -0.15) is 0 Å². The molecule has 6 heterocycles. The molecule has 0 bridgehead atoms. The van der Waals surface area contributed by atoms with E-state index in [2.05, 4.69) is 5.32 Å². The number of rotatable bonds is 17. The van der Waals surface area contributed by atoms with Gasteiger partial charge in [-0.1, -0.05) is 0 Å².